The van der Waals surface area contributed by atoms with Crippen molar-refractivity contribution in [1.82, 2.24) is 23.6 Å². The minimum absolute atomic E-state index is 0.116. The molecule has 0 bridgehead atoms. The maximum absolute atomic E-state index is 12.3. The quantitative estimate of drug-likeness (QED) is 0.627. The summed E-state index contributed by atoms with van der Waals surface area (Å²) in [6, 6.07) is 0. The Hall–Kier alpha value is -2.42. The Balaban J connectivity index is 1.98. The number of ether oxygens (including phenoxy) is 1. The molecular weight excluding hydrogens is 326 g/mol. The number of rotatable bonds is 8. The van der Waals surface area contributed by atoms with E-state index in [1.807, 2.05) is 13.8 Å². The van der Waals surface area contributed by atoms with E-state index in [0.717, 1.165) is 4.57 Å². The van der Waals surface area contributed by atoms with Gasteiger partial charge in [0.25, 0.3) is 5.56 Å². The normalized spacial score (nSPS) is 11.2. The van der Waals surface area contributed by atoms with Crippen molar-refractivity contribution in [2.45, 2.75) is 33.4 Å². The number of carbonyl (C=O) groups is 1. The van der Waals surface area contributed by atoms with Gasteiger partial charge in [-0.2, -0.15) is 0 Å². The molecule has 0 aliphatic rings. The minimum atomic E-state index is -0.418. The van der Waals surface area contributed by atoms with Crippen molar-refractivity contribution in [3.8, 4) is 0 Å². The molecule has 0 aliphatic carbocycles. The molecule has 0 N–H and O–H groups in total. The molecule has 9 nitrogen and oxygen atoms in total. The molecule has 0 radical (unpaired) electrons. The fourth-order valence-corrected chi connectivity index (χ4v) is 2.72. The van der Waals surface area contributed by atoms with E-state index in [-0.39, 0.29) is 12.6 Å². The highest BCUT2D eigenvalue weighted by molar-refractivity contribution is 5.76. The smallest absolute Gasteiger partial charge is 0.332 e. The molecular formula is C16H25N5O4. The van der Waals surface area contributed by atoms with Crippen molar-refractivity contribution in [3.63, 3.8) is 0 Å². The van der Waals surface area contributed by atoms with Crippen molar-refractivity contribution in [3.05, 3.63) is 27.2 Å². The van der Waals surface area contributed by atoms with Crippen LogP contribution in [0.15, 0.2) is 15.9 Å². The van der Waals surface area contributed by atoms with Crippen LogP contribution in [-0.2, 0) is 30.4 Å². The van der Waals surface area contributed by atoms with E-state index in [2.05, 4.69) is 4.98 Å². The third-order valence-corrected chi connectivity index (χ3v) is 4.24. The molecule has 2 rings (SSSR count). The molecule has 2 aromatic heterocycles. The first-order chi connectivity index (χ1) is 11.9. The predicted octanol–water partition coefficient (Wildman–Crippen LogP) is 0.0564. The molecule has 0 atom stereocenters. The largest absolute Gasteiger partial charge is 0.361 e. The SMILES string of the molecule is CCN(CC)C(=O)CCCOCn1cnc2c1c(=O)n(C)c(=O)n2C. The summed E-state index contributed by atoms with van der Waals surface area (Å²) in [4.78, 5) is 42.0. The molecule has 2 aromatic rings. The lowest BCUT2D eigenvalue weighted by molar-refractivity contribution is -0.131. The van der Waals surface area contributed by atoms with Crippen molar-refractivity contribution in [2.24, 2.45) is 14.1 Å². The van der Waals surface area contributed by atoms with Crippen LogP contribution in [0.5, 0.6) is 0 Å². The maximum atomic E-state index is 12.3. The van der Waals surface area contributed by atoms with Crippen molar-refractivity contribution in [2.75, 3.05) is 19.7 Å². The van der Waals surface area contributed by atoms with Crippen LogP contribution in [-0.4, -0.2) is 49.2 Å². The Morgan fingerprint density at radius 2 is 1.88 bits per heavy atom. The third kappa shape index (κ3) is 3.81. The molecule has 0 spiro atoms. The Morgan fingerprint density at radius 3 is 2.52 bits per heavy atom. The predicted molar refractivity (Wildman–Crippen MR) is 93.3 cm³/mol. The van der Waals surface area contributed by atoms with E-state index in [1.165, 1.54) is 17.9 Å². The van der Waals surface area contributed by atoms with Crippen molar-refractivity contribution >= 4 is 17.1 Å². The first-order valence-corrected chi connectivity index (χ1v) is 8.38. The van der Waals surface area contributed by atoms with Crippen LogP contribution in [0.3, 0.4) is 0 Å². The minimum Gasteiger partial charge on any atom is -0.361 e. The summed E-state index contributed by atoms with van der Waals surface area (Å²) in [7, 11) is 3.00. The first-order valence-electron chi connectivity index (χ1n) is 8.38. The summed E-state index contributed by atoms with van der Waals surface area (Å²) in [6.45, 7) is 5.87. The van der Waals surface area contributed by atoms with Gasteiger partial charge in [0.05, 0.1) is 6.33 Å². The van der Waals surface area contributed by atoms with Crippen molar-refractivity contribution < 1.29 is 9.53 Å². The van der Waals surface area contributed by atoms with Crippen LogP contribution < -0.4 is 11.2 Å². The molecule has 1 amide bonds. The van der Waals surface area contributed by atoms with Gasteiger partial charge in [-0.15, -0.1) is 0 Å². The molecule has 2 heterocycles. The van der Waals surface area contributed by atoms with Gasteiger partial charge in [0.1, 0.15) is 6.73 Å². The molecule has 138 valence electrons. The van der Waals surface area contributed by atoms with Gasteiger partial charge in [-0.25, -0.2) is 9.78 Å². The first kappa shape index (κ1) is 18.9. The topological polar surface area (TPSA) is 91.4 Å². The zero-order chi connectivity index (χ0) is 18.6. The lowest BCUT2D eigenvalue weighted by atomic mass is 10.3. The van der Waals surface area contributed by atoms with Crippen LogP contribution in [0.25, 0.3) is 11.2 Å². The van der Waals surface area contributed by atoms with Gasteiger partial charge in [0, 0.05) is 40.2 Å². The average molecular weight is 351 g/mol. The van der Waals surface area contributed by atoms with Gasteiger partial charge in [-0.3, -0.25) is 18.7 Å². The van der Waals surface area contributed by atoms with Gasteiger partial charge in [-0.1, -0.05) is 0 Å². The Morgan fingerprint density at radius 1 is 1.20 bits per heavy atom. The van der Waals surface area contributed by atoms with Gasteiger partial charge in [0.15, 0.2) is 11.2 Å². The fourth-order valence-electron chi connectivity index (χ4n) is 2.72. The Labute approximate surface area is 145 Å². The molecule has 0 saturated heterocycles. The number of amides is 1. The van der Waals surface area contributed by atoms with Crippen LogP contribution in [0.1, 0.15) is 26.7 Å². The summed E-state index contributed by atoms with van der Waals surface area (Å²) in [5.41, 5.74) is -0.174. The van der Waals surface area contributed by atoms with E-state index < -0.39 is 11.2 Å². The molecule has 0 saturated carbocycles. The highest BCUT2D eigenvalue weighted by Crippen LogP contribution is 2.06. The van der Waals surface area contributed by atoms with Gasteiger partial charge in [0.2, 0.25) is 5.91 Å². The van der Waals surface area contributed by atoms with Crippen LogP contribution in [0, 0.1) is 0 Å². The van der Waals surface area contributed by atoms with E-state index in [1.54, 1.807) is 16.5 Å². The number of imidazole rings is 1. The summed E-state index contributed by atoms with van der Waals surface area (Å²) >= 11 is 0. The molecule has 0 aliphatic heterocycles. The second-order valence-corrected chi connectivity index (χ2v) is 5.80. The molecule has 9 heteroatoms. The van der Waals surface area contributed by atoms with Crippen molar-refractivity contribution in [1.29, 1.82) is 0 Å². The molecule has 0 aromatic carbocycles. The van der Waals surface area contributed by atoms with E-state index >= 15 is 0 Å². The Bertz CT molecular complexity index is 860. The van der Waals surface area contributed by atoms with E-state index in [9.17, 15) is 14.4 Å². The average Bonchev–Trinajstić information content (AvgIpc) is 3.03. The third-order valence-electron chi connectivity index (χ3n) is 4.24. The van der Waals surface area contributed by atoms with Gasteiger partial charge in [-0.05, 0) is 20.3 Å². The summed E-state index contributed by atoms with van der Waals surface area (Å²) in [5.74, 6) is 0.116. The summed E-state index contributed by atoms with van der Waals surface area (Å²) in [5, 5.41) is 0. The van der Waals surface area contributed by atoms with Gasteiger partial charge < -0.3 is 14.2 Å². The zero-order valence-electron chi connectivity index (χ0n) is 15.2. The zero-order valence-corrected chi connectivity index (χ0v) is 15.2. The monoisotopic (exact) mass is 351 g/mol. The lowest BCUT2D eigenvalue weighted by Gasteiger charge is -2.18. The second kappa shape index (κ2) is 8.11. The fraction of sp³-hybridized carbons (Fsp3) is 0.625. The number of aromatic nitrogens is 4. The lowest BCUT2D eigenvalue weighted by Crippen LogP contribution is -2.37. The molecule has 0 fully saturated rings. The van der Waals surface area contributed by atoms with Crippen LogP contribution in [0.4, 0.5) is 0 Å². The number of nitrogens with zero attached hydrogens (tertiary/aromatic N) is 5. The number of hydrogen-bond acceptors (Lipinski definition) is 5. The van der Waals surface area contributed by atoms with Crippen LogP contribution in [0.2, 0.25) is 0 Å². The highest BCUT2D eigenvalue weighted by atomic mass is 16.5. The molecule has 0 unspecified atom stereocenters. The summed E-state index contributed by atoms with van der Waals surface area (Å²) in [6.07, 6.45) is 2.52. The number of aryl methyl sites for hydroxylation is 1. The van der Waals surface area contributed by atoms with Gasteiger partial charge >= 0.3 is 5.69 Å². The second-order valence-electron chi connectivity index (χ2n) is 5.80. The maximum Gasteiger partial charge on any atom is 0.332 e. The number of carbonyl (C=O) groups excluding carboxylic acids is 1. The molecule has 25 heavy (non-hydrogen) atoms. The van der Waals surface area contributed by atoms with E-state index in [4.69, 9.17) is 4.74 Å². The standard InChI is InChI=1S/C16H25N5O4/c1-5-20(6-2)12(22)8-7-9-25-11-21-10-17-14-13(21)15(23)19(4)16(24)18(14)3/h10H,5-9,11H2,1-4H3. The summed E-state index contributed by atoms with van der Waals surface area (Å²) < 4.78 is 9.51. The highest BCUT2D eigenvalue weighted by Gasteiger charge is 2.14. The number of fused-ring (bicyclic) bond motifs is 1. The van der Waals surface area contributed by atoms with E-state index in [0.29, 0.717) is 43.7 Å². The Kier molecular flexibility index (Phi) is 6.13. The number of hydrogen-bond donors (Lipinski definition) is 0. The van der Waals surface area contributed by atoms with Crippen LogP contribution >= 0.6 is 0 Å².